The molecule has 1 heterocycles. The summed E-state index contributed by atoms with van der Waals surface area (Å²) in [6, 6.07) is 11.1. The monoisotopic (exact) mass is 347 g/mol. The molecule has 0 bridgehead atoms. The summed E-state index contributed by atoms with van der Waals surface area (Å²) in [6.45, 7) is 1.97. The van der Waals surface area contributed by atoms with Gasteiger partial charge in [-0.3, -0.25) is 4.57 Å². The predicted octanol–water partition coefficient (Wildman–Crippen LogP) is 3.28. The molecule has 5 heteroatoms. The van der Waals surface area contributed by atoms with Crippen LogP contribution in [0.3, 0.4) is 0 Å². The molecular weight excluding hydrogens is 334 g/mol. The van der Waals surface area contributed by atoms with Gasteiger partial charge in [0.2, 0.25) is 0 Å². The van der Waals surface area contributed by atoms with Crippen molar-refractivity contribution < 1.29 is 9.52 Å². The fraction of sp³-hybridized carbons (Fsp3) is 0.188. The first-order valence-electron chi connectivity index (χ1n) is 6.50. The van der Waals surface area contributed by atoms with Crippen molar-refractivity contribution in [1.29, 1.82) is 0 Å². The molecule has 3 aromatic rings. The summed E-state index contributed by atoms with van der Waals surface area (Å²) in [6.07, 6.45) is -0.767. The Kier molecular flexibility index (Phi) is 3.47. The van der Waals surface area contributed by atoms with Gasteiger partial charge < -0.3 is 9.52 Å². The van der Waals surface area contributed by atoms with Gasteiger partial charge in [0.25, 0.3) is 0 Å². The van der Waals surface area contributed by atoms with Gasteiger partial charge >= 0.3 is 5.76 Å². The van der Waals surface area contributed by atoms with E-state index in [1.807, 2.05) is 25.1 Å². The Morgan fingerprint density at radius 2 is 1.95 bits per heavy atom. The van der Waals surface area contributed by atoms with E-state index >= 15 is 0 Å². The first kappa shape index (κ1) is 14.1. The number of benzene rings is 2. The molecule has 21 heavy (non-hydrogen) atoms. The van der Waals surface area contributed by atoms with Crippen molar-refractivity contribution in [2.75, 3.05) is 0 Å². The number of halogens is 1. The van der Waals surface area contributed by atoms with Crippen LogP contribution in [0.4, 0.5) is 0 Å². The second-order valence-electron chi connectivity index (χ2n) is 5.12. The van der Waals surface area contributed by atoms with Crippen molar-refractivity contribution in [3.8, 4) is 0 Å². The van der Waals surface area contributed by atoms with Crippen LogP contribution in [0, 0.1) is 6.92 Å². The number of nitrogens with zero attached hydrogens (tertiary/aromatic N) is 1. The minimum atomic E-state index is -0.767. The molecule has 1 atom stereocenters. The zero-order valence-electron chi connectivity index (χ0n) is 11.6. The largest absolute Gasteiger partial charge is 0.419 e. The maximum Gasteiger partial charge on any atom is 0.419 e. The normalized spacial score (nSPS) is 12.8. The van der Waals surface area contributed by atoms with E-state index in [9.17, 15) is 9.90 Å². The Morgan fingerprint density at radius 3 is 2.67 bits per heavy atom. The SMILES string of the molecule is Cc1cc(Br)cc(C(O)c2ccc3c(c2)oc(=O)n3C)c1. The number of oxazole rings is 1. The lowest BCUT2D eigenvalue weighted by Crippen LogP contribution is -2.08. The summed E-state index contributed by atoms with van der Waals surface area (Å²) in [5.74, 6) is -0.407. The van der Waals surface area contributed by atoms with Crippen LogP contribution in [-0.4, -0.2) is 9.67 Å². The fourth-order valence-electron chi connectivity index (χ4n) is 2.44. The van der Waals surface area contributed by atoms with E-state index in [-0.39, 0.29) is 0 Å². The molecule has 0 aliphatic heterocycles. The van der Waals surface area contributed by atoms with Gasteiger partial charge in [-0.15, -0.1) is 0 Å². The summed E-state index contributed by atoms with van der Waals surface area (Å²) < 4.78 is 7.52. The first-order chi connectivity index (χ1) is 9.95. The van der Waals surface area contributed by atoms with E-state index in [1.54, 1.807) is 25.2 Å². The Morgan fingerprint density at radius 1 is 1.19 bits per heavy atom. The maximum atomic E-state index is 11.5. The predicted molar refractivity (Wildman–Crippen MR) is 84.4 cm³/mol. The van der Waals surface area contributed by atoms with Gasteiger partial charge in [-0.05, 0) is 47.9 Å². The number of rotatable bonds is 2. The Hall–Kier alpha value is -1.85. The molecule has 1 N–H and O–H groups in total. The summed E-state index contributed by atoms with van der Waals surface area (Å²) in [4.78, 5) is 11.5. The van der Waals surface area contributed by atoms with Gasteiger partial charge in [-0.25, -0.2) is 4.79 Å². The maximum absolute atomic E-state index is 11.5. The molecule has 0 aliphatic rings. The minimum Gasteiger partial charge on any atom is -0.408 e. The van der Waals surface area contributed by atoms with Crippen LogP contribution >= 0.6 is 15.9 Å². The molecule has 1 unspecified atom stereocenters. The van der Waals surface area contributed by atoms with Crippen molar-refractivity contribution in [2.45, 2.75) is 13.0 Å². The molecule has 2 aromatic carbocycles. The van der Waals surface area contributed by atoms with Crippen LogP contribution in [0.15, 0.2) is 50.1 Å². The van der Waals surface area contributed by atoms with E-state index in [0.717, 1.165) is 15.6 Å². The molecule has 0 spiro atoms. The summed E-state index contributed by atoms with van der Waals surface area (Å²) in [5.41, 5.74) is 3.73. The van der Waals surface area contributed by atoms with Crippen molar-refractivity contribution in [1.82, 2.24) is 4.57 Å². The van der Waals surface area contributed by atoms with Crippen molar-refractivity contribution >= 4 is 27.0 Å². The van der Waals surface area contributed by atoms with E-state index in [4.69, 9.17) is 4.42 Å². The number of fused-ring (bicyclic) bond motifs is 1. The number of aliphatic hydroxyl groups excluding tert-OH is 1. The standard InChI is InChI=1S/C16H14BrNO3/c1-9-5-11(7-12(17)6-9)15(19)10-3-4-13-14(8-10)21-16(20)18(13)2/h3-8,15,19H,1-2H3. The molecule has 0 saturated carbocycles. The molecule has 3 rings (SSSR count). The second-order valence-corrected chi connectivity index (χ2v) is 6.03. The zero-order valence-corrected chi connectivity index (χ0v) is 13.2. The van der Waals surface area contributed by atoms with Crippen LogP contribution in [0.5, 0.6) is 0 Å². The summed E-state index contributed by atoms with van der Waals surface area (Å²) >= 11 is 3.43. The van der Waals surface area contributed by atoms with Crippen molar-refractivity contribution in [3.63, 3.8) is 0 Å². The number of aliphatic hydroxyl groups is 1. The topological polar surface area (TPSA) is 55.4 Å². The highest BCUT2D eigenvalue weighted by molar-refractivity contribution is 9.10. The molecular formula is C16H14BrNO3. The molecule has 108 valence electrons. The average Bonchev–Trinajstić information content (AvgIpc) is 2.71. The molecule has 0 radical (unpaired) electrons. The third-order valence-corrected chi connectivity index (χ3v) is 3.97. The highest BCUT2D eigenvalue weighted by Gasteiger charge is 2.14. The Balaban J connectivity index is 2.08. The van der Waals surface area contributed by atoms with Crippen molar-refractivity contribution in [2.24, 2.45) is 7.05 Å². The molecule has 1 aromatic heterocycles. The van der Waals surface area contributed by atoms with Crippen LogP contribution in [0.2, 0.25) is 0 Å². The van der Waals surface area contributed by atoms with Crippen LogP contribution in [0.25, 0.3) is 11.1 Å². The molecule has 0 aliphatic carbocycles. The first-order valence-corrected chi connectivity index (χ1v) is 7.29. The molecule has 0 fully saturated rings. The lowest BCUT2D eigenvalue weighted by molar-refractivity contribution is 0.220. The summed E-state index contributed by atoms with van der Waals surface area (Å²) in [5, 5.41) is 10.5. The van der Waals surface area contributed by atoms with Gasteiger partial charge in [-0.1, -0.05) is 28.1 Å². The van der Waals surface area contributed by atoms with Crippen LogP contribution in [-0.2, 0) is 7.05 Å². The number of hydrogen-bond donors (Lipinski definition) is 1. The number of aromatic nitrogens is 1. The lowest BCUT2D eigenvalue weighted by atomic mass is 10.00. The number of aryl methyl sites for hydroxylation is 2. The molecule has 0 amide bonds. The zero-order chi connectivity index (χ0) is 15.1. The highest BCUT2D eigenvalue weighted by Crippen LogP contribution is 2.27. The van der Waals surface area contributed by atoms with Gasteiger partial charge in [0, 0.05) is 11.5 Å². The third kappa shape index (κ3) is 2.54. The molecule has 0 saturated heterocycles. The number of hydrogen-bond acceptors (Lipinski definition) is 3. The highest BCUT2D eigenvalue weighted by atomic mass is 79.9. The van der Waals surface area contributed by atoms with E-state index in [0.29, 0.717) is 16.7 Å². The van der Waals surface area contributed by atoms with Gasteiger partial charge in [-0.2, -0.15) is 0 Å². The smallest absolute Gasteiger partial charge is 0.408 e. The van der Waals surface area contributed by atoms with Gasteiger partial charge in [0.1, 0.15) is 6.10 Å². The van der Waals surface area contributed by atoms with Crippen LogP contribution < -0.4 is 5.76 Å². The quantitative estimate of drug-likeness (QED) is 0.773. The Bertz CT molecular complexity index is 859. The van der Waals surface area contributed by atoms with E-state index in [2.05, 4.69) is 15.9 Å². The van der Waals surface area contributed by atoms with Gasteiger partial charge in [0.15, 0.2) is 5.58 Å². The van der Waals surface area contributed by atoms with Gasteiger partial charge in [0.05, 0.1) is 5.52 Å². The molecule has 4 nitrogen and oxygen atoms in total. The minimum absolute atomic E-state index is 0.407. The van der Waals surface area contributed by atoms with E-state index in [1.165, 1.54) is 4.57 Å². The second kappa shape index (κ2) is 5.16. The van der Waals surface area contributed by atoms with E-state index < -0.39 is 11.9 Å². The van der Waals surface area contributed by atoms with Crippen molar-refractivity contribution in [3.05, 3.63) is 68.1 Å². The fourth-order valence-corrected chi connectivity index (χ4v) is 3.06. The Labute approximate surface area is 129 Å². The summed E-state index contributed by atoms with van der Waals surface area (Å²) in [7, 11) is 1.65. The average molecular weight is 348 g/mol. The third-order valence-electron chi connectivity index (χ3n) is 3.51. The lowest BCUT2D eigenvalue weighted by Gasteiger charge is -2.13. The van der Waals surface area contributed by atoms with Crippen LogP contribution in [0.1, 0.15) is 22.8 Å².